The quantitative estimate of drug-likeness (QED) is 0.581. The Labute approximate surface area is 99.6 Å². The van der Waals surface area contributed by atoms with Crippen molar-refractivity contribution in [3.63, 3.8) is 0 Å². The van der Waals surface area contributed by atoms with Crippen molar-refractivity contribution in [2.75, 3.05) is 19.8 Å². The maximum Gasteiger partial charge on any atom is 0.236 e. The van der Waals surface area contributed by atoms with Crippen molar-refractivity contribution < 1.29 is 14.6 Å². The maximum atomic E-state index is 11.6. The summed E-state index contributed by atoms with van der Waals surface area (Å²) in [6, 6.07) is 0. The van der Waals surface area contributed by atoms with Gasteiger partial charge in [-0.3, -0.25) is 4.79 Å². The van der Waals surface area contributed by atoms with Gasteiger partial charge in [-0.05, 0) is 13.3 Å². The lowest BCUT2D eigenvalue weighted by Crippen LogP contribution is -2.57. The van der Waals surface area contributed by atoms with E-state index in [9.17, 15) is 4.79 Å². The number of amides is 1. The lowest BCUT2D eigenvalue weighted by atomic mass is 9.99. The predicted molar refractivity (Wildman–Crippen MR) is 62.6 cm³/mol. The zero-order chi connectivity index (χ0) is 11.7. The van der Waals surface area contributed by atoms with Crippen molar-refractivity contribution in [3.8, 4) is 0 Å². The number of nitrogens with zero attached hydrogens (tertiary/aromatic N) is 1. The first-order valence-electron chi connectivity index (χ1n) is 5.58. The van der Waals surface area contributed by atoms with E-state index in [2.05, 4.69) is 6.92 Å². The monoisotopic (exact) mass is 243 g/mol. The zero-order valence-electron chi connectivity index (χ0n) is 9.60. The number of hydrogen-bond acceptors (Lipinski definition) is 4. The molecular weight excluding hydrogens is 226 g/mol. The van der Waals surface area contributed by atoms with E-state index in [-0.39, 0.29) is 23.8 Å². The van der Waals surface area contributed by atoms with E-state index in [1.54, 1.807) is 16.7 Å². The van der Waals surface area contributed by atoms with E-state index >= 15 is 0 Å². The molecular formula is C11H17NO3S. The summed E-state index contributed by atoms with van der Waals surface area (Å²) in [5.74, 6) is -0.174. The van der Waals surface area contributed by atoms with E-state index in [4.69, 9.17) is 9.84 Å². The molecule has 16 heavy (non-hydrogen) atoms. The van der Waals surface area contributed by atoms with Crippen LogP contribution in [0.2, 0.25) is 0 Å². The third kappa shape index (κ3) is 1.77. The van der Waals surface area contributed by atoms with Gasteiger partial charge in [0, 0.05) is 17.2 Å². The first-order chi connectivity index (χ1) is 7.70. The molecule has 1 saturated heterocycles. The number of carbonyl (C=O) groups is 1. The number of aliphatic hydroxyl groups excluding tert-OH is 1. The van der Waals surface area contributed by atoms with Crippen LogP contribution in [0.25, 0.3) is 0 Å². The molecule has 2 heterocycles. The summed E-state index contributed by atoms with van der Waals surface area (Å²) >= 11 is 1.66. The average molecular weight is 243 g/mol. The molecule has 2 aliphatic heterocycles. The van der Waals surface area contributed by atoms with E-state index in [0.29, 0.717) is 6.61 Å². The van der Waals surface area contributed by atoms with Crippen molar-refractivity contribution in [1.29, 1.82) is 0 Å². The molecule has 4 nitrogen and oxygen atoms in total. The topological polar surface area (TPSA) is 49.8 Å². The number of fused-ring (bicyclic) bond motifs is 1. The number of carbonyl (C=O) groups excluding carboxylic acids is 1. The second-order valence-corrected chi connectivity index (χ2v) is 5.28. The highest BCUT2D eigenvalue weighted by Gasteiger charge is 2.52. The van der Waals surface area contributed by atoms with Gasteiger partial charge < -0.3 is 14.7 Å². The molecule has 2 atom stereocenters. The van der Waals surface area contributed by atoms with Crippen LogP contribution < -0.4 is 0 Å². The van der Waals surface area contributed by atoms with Crippen molar-refractivity contribution in [3.05, 3.63) is 10.6 Å². The summed E-state index contributed by atoms with van der Waals surface area (Å²) in [7, 11) is 0. The molecule has 0 aromatic heterocycles. The Bertz CT molecular complexity index is 329. The van der Waals surface area contributed by atoms with Gasteiger partial charge in [0.2, 0.25) is 5.91 Å². The summed E-state index contributed by atoms with van der Waals surface area (Å²) in [4.78, 5) is 14.5. The van der Waals surface area contributed by atoms with Crippen molar-refractivity contribution in [2.45, 2.75) is 25.6 Å². The van der Waals surface area contributed by atoms with Gasteiger partial charge in [0.15, 0.2) is 0 Å². The molecule has 1 N–H and O–H groups in total. The third-order valence-corrected chi connectivity index (χ3v) is 4.44. The number of β-lactam (4-membered cyclic amide) rings is 1. The summed E-state index contributed by atoms with van der Waals surface area (Å²) < 4.78 is 5.49. The summed E-state index contributed by atoms with van der Waals surface area (Å²) in [6.07, 6.45) is 1.00. The first kappa shape index (κ1) is 12.0. The van der Waals surface area contributed by atoms with Gasteiger partial charge in [0.25, 0.3) is 0 Å². The van der Waals surface area contributed by atoms with Crippen LogP contribution in [0.1, 0.15) is 20.3 Å². The second-order valence-electron chi connectivity index (χ2n) is 4.07. The van der Waals surface area contributed by atoms with E-state index < -0.39 is 0 Å². The minimum absolute atomic E-state index is 0.0444. The molecule has 0 radical (unpaired) electrons. The highest BCUT2D eigenvalue weighted by Crippen LogP contribution is 2.48. The summed E-state index contributed by atoms with van der Waals surface area (Å²) in [6.45, 7) is 5.30. The maximum absolute atomic E-state index is 11.6. The van der Waals surface area contributed by atoms with Crippen LogP contribution in [0.5, 0.6) is 0 Å². The largest absolute Gasteiger partial charge is 0.395 e. The number of ether oxygens (including phenoxy) is 1. The minimum atomic E-state index is -0.219. The van der Waals surface area contributed by atoms with Crippen molar-refractivity contribution in [1.82, 2.24) is 4.90 Å². The Morgan fingerprint density at radius 3 is 2.94 bits per heavy atom. The number of allylic oxidation sites excluding steroid dienone is 1. The number of hydrogen-bond donors (Lipinski definition) is 1. The van der Waals surface area contributed by atoms with Gasteiger partial charge in [-0.25, -0.2) is 0 Å². The van der Waals surface area contributed by atoms with Gasteiger partial charge >= 0.3 is 0 Å². The molecule has 0 aliphatic carbocycles. The molecule has 2 rings (SSSR count). The number of thioether (sulfide) groups is 1. The van der Waals surface area contributed by atoms with Crippen LogP contribution in [0, 0.1) is 5.92 Å². The average Bonchev–Trinajstić information content (AvgIpc) is 2.53. The smallest absolute Gasteiger partial charge is 0.236 e. The second kappa shape index (κ2) is 4.77. The third-order valence-electron chi connectivity index (χ3n) is 2.96. The molecule has 0 spiro atoms. The molecule has 90 valence electrons. The lowest BCUT2D eigenvalue weighted by Gasteiger charge is -2.41. The summed E-state index contributed by atoms with van der Waals surface area (Å²) in [5, 5.41) is 9.19. The molecule has 0 aromatic rings. The molecule has 0 unspecified atom stereocenters. The highest BCUT2D eigenvalue weighted by atomic mass is 32.2. The van der Waals surface area contributed by atoms with E-state index in [1.165, 1.54) is 0 Å². The Kier molecular flexibility index (Phi) is 3.56. The van der Waals surface area contributed by atoms with Crippen LogP contribution in [0.15, 0.2) is 10.6 Å². The molecule has 5 heteroatoms. The molecule has 1 amide bonds. The molecule has 0 aromatic carbocycles. The Hall–Kier alpha value is -0.520. The molecule has 0 saturated carbocycles. The van der Waals surface area contributed by atoms with E-state index in [1.807, 2.05) is 6.92 Å². The Morgan fingerprint density at radius 1 is 1.56 bits per heavy atom. The predicted octanol–water partition coefficient (Wildman–Crippen LogP) is 1.17. The van der Waals surface area contributed by atoms with Gasteiger partial charge in [-0.2, -0.15) is 0 Å². The lowest BCUT2D eigenvalue weighted by molar-refractivity contribution is -0.148. The van der Waals surface area contributed by atoms with Crippen LogP contribution in [-0.4, -0.2) is 41.1 Å². The van der Waals surface area contributed by atoms with Gasteiger partial charge in [0.05, 0.1) is 19.1 Å². The van der Waals surface area contributed by atoms with E-state index in [0.717, 1.165) is 23.6 Å². The first-order valence-corrected chi connectivity index (χ1v) is 6.46. The Balaban J connectivity index is 1.96. The van der Waals surface area contributed by atoms with Crippen LogP contribution in [0.3, 0.4) is 0 Å². The fourth-order valence-corrected chi connectivity index (χ4v) is 3.44. The minimum Gasteiger partial charge on any atom is -0.395 e. The molecule has 0 bridgehead atoms. The van der Waals surface area contributed by atoms with Crippen molar-refractivity contribution >= 4 is 17.7 Å². The standard InChI is InChI=1S/C11H17NO3S/c1-3-4-15-6-9-7(2)12-10(14)8(5-13)11(12)16-9/h8,11,13H,3-6H2,1-2H3/t8-,11+/m0/s1. The molecule has 1 fully saturated rings. The highest BCUT2D eigenvalue weighted by molar-refractivity contribution is 8.04. The van der Waals surface area contributed by atoms with Crippen LogP contribution >= 0.6 is 11.8 Å². The molecule has 2 aliphatic rings. The van der Waals surface area contributed by atoms with Crippen LogP contribution in [-0.2, 0) is 9.53 Å². The van der Waals surface area contributed by atoms with Gasteiger partial charge in [-0.1, -0.05) is 18.7 Å². The van der Waals surface area contributed by atoms with Crippen molar-refractivity contribution in [2.24, 2.45) is 5.92 Å². The normalized spacial score (nSPS) is 28.4. The fraction of sp³-hybridized carbons (Fsp3) is 0.727. The number of aliphatic hydroxyl groups is 1. The zero-order valence-corrected chi connectivity index (χ0v) is 10.4. The number of rotatable bonds is 5. The SMILES string of the molecule is CCCOCC1=C(C)N2C(=O)[C@H](CO)[C@H]2S1. The summed E-state index contributed by atoms with van der Waals surface area (Å²) in [5.41, 5.74) is 1.00. The Morgan fingerprint density at radius 2 is 2.31 bits per heavy atom. The van der Waals surface area contributed by atoms with Gasteiger partial charge in [-0.15, -0.1) is 0 Å². The van der Waals surface area contributed by atoms with Crippen LogP contribution in [0.4, 0.5) is 0 Å². The fourth-order valence-electron chi connectivity index (χ4n) is 2.00. The van der Waals surface area contributed by atoms with Gasteiger partial charge in [0.1, 0.15) is 5.37 Å².